The van der Waals surface area contributed by atoms with E-state index in [4.69, 9.17) is 0 Å². The van der Waals surface area contributed by atoms with Gasteiger partial charge in [0.25, 0.3) is 0 Å². The first-order valence-corrected chi connectivity index (χ1v) is 6.10. The number of carbonyl (C=O) groups is 1. The average Bonchev–Trinajstić information content (AvgIpc) is 2.14. The Balaban J connectivity index is 2.59. The minimum absolute atomic E-state index is 0.146. The molecule has 0 aliphatic carbocycles. The predicted molar refractivity (Wildman–Crippen MR) is 63.8 cm³/mol. The van der Waals surface area contributed by atoms with E-state index in [1.165, 1.54) is 6.42 Å². The number of hydrogen-bond donors (Lipinski definition) is 1. The van der Waals surface area contributed by atoms with Crippen LogP contribution in [-0.4, -0.2) is 18.4 Å². The van der Waals surface area contributed by atoms with Crippen molar-refractivity contribution in [2.24, 2.45) is 17.3 Å². The number of piperidine rings is 1. The largest absolute Gasteiger partial charge is 0.313 e. The Morgan fingerprint density at radius 3 is 2.47 bits per heavy atom. The zero-order valence-electron chi connectivity index (χ0n) is 10.8. The van der Waals surface area contributed by atoms with E-state index in [0.717, 1.165) is 18.9 Å². The molecule has 0 bridgehead atoms. The zero-order chi connectivity index (χ0) is 11.6. The van der Waals surface area contributed by atoms with Crippen LogP contribution in [0.1, 0.15) is 47.5 Å². The minimum Gasteiger partial charge on any atom is -0.313 e. The van der Waals surface area contributed by atoms with Gasteiger partial charge in [-0.15, -0.1) is 0 Å². The van der Waals surface area contributed by atoms with E-state index in [-0.39, 0.29) is 11.3 Å². The average molecular weight is 211 g/mol. The molecule has 1 rings (SSSR count). The zero-order valence-corrected chi connectivity index (χ0v) is 10.8. The molecule has 0 aromatic heterocycles. The van der Waals surface area contributed by atoms with Gasteiger partial charge in [-0.1, -0.05) is 34.6 Å². The summed E-state index contributed by atoms with van der Waals surface area (Å²) >= 11 is 0. The lowest BCUT2D eigenvalue weighted by Gasteiger charge is -2.34. The number of rotatable bonds is 2. The number of ketones is 1. The molecule has 1 heterocycles. The molecule has 0 saturated carbocycles. The molecule has 15 heavy (non-hydrogen) atoms. The Morgan fingerprint density at radius 1 is 1.40 bits per heavy atom. The fraction of sp³-hybridized carbons (Fsp3) is 0.923. The van der Waals surface area contributed by atoms with Gasteiger partial charge in [0.15, 0.2) is 0 Å². The monoisotopic (exact) mass is 211 g/mol. The molecule has 0 radical (unpaired) electrons. The molecule has 3 atom stereocenters. The highest BCUT2D eigenvalue weighted by molar-refractivity contribution is 5.86. The van der Waals surface area contributed by atoms with Gasteiger partial charge in [-0.3, -0.25) is 4.79 Å². The topological polar surface area (TPSA) is 29.1 Å². The van der Waals surface area contributed by atoms with Crippen LogP contribution in [0.3, 0.4) is 0 Å². The van der Waals surface area contributed by atoms with Crippen LogP contribution in [0.4, 0.5) is 0 Å². The van der Waals surface area contributed by atoms with Crippen LogP contribution >= 0.6 is 0 Å². The van der Waals surface area contributed by atoms with Crippen molar-refractivity contribution in [2.45, 2.75) is 53.5 Å². The van der Waals surface area contributed by atoms with Crippen molar-refractivity contribution < 1.29 is 4.79 Å². The Kier molecular flexibility index (Phi) is 3.93. The van der Waals surface area contributed by atoms with Crippen LogP contribution in [-0.2, 0) is 4.79 Å². The number of carbonyl (C=O) groups excluding carboxylic acids is 1. The van der Waals surface area contributed by atoms with Crippen LogP contribution in [0.25, 0.3) is 0 Å². The van der Waals surface area contributed by atoms with Gasteiger partial charge >= 0.3 is 0 Å². The first kappa shape index (κ1) is 12.7. The van der Waals surface area contributed by atoms with Crippen LogP contribution < -0.4 is 5.32 Å². The Bertz CT molecular complexity index is 229. The van der Waals surface area contributed by atoms with Gasteiger partial charge < -0.3 is 5.32 Å². The van der Waals surface area contributed by atoms with E-state index >= 15 is 0 Å². The third-order valence-electron chi connectivity index (χ3n) is 3.46. The van der Waals surface area contributed by atoms with Gasteiger partial charge in [0.05, 0.1) is 0 Å². The predicted octanol–water partition coefficient (Wildman–Crippen LogP) is 2.63. The second-order valence-electron chi connectivity index (χ2n) is 6.09. The summed E-state index contributed by atoms with van der Waals surface area (Å²) < 4.78 is 0. The van der Waals surface area contributed by atoms with E-state index in [9.17, 15) is 4.79 Å². The van der Waals surface area contributed by atoms with Crippen molar-refractivity contribution in [1.29, 1.82) is 0 Å². The first-order chi connectivity index (χ1) is 6.82. The smallest absolute Gasteiger partial charge is 0.142 e. The fourth-order valence-corrected chi connectivity index (χ4v) is 2.40. The molecular formula is C13H25NO. The summed E-state index contributed by atoms with van der Waals surface area (Å²) in [7, 11) is 0. The summed E-state index contributed by atoms with van der Waals surface area (Å²) in [5.74, 6) is 1.29. The van der Waals surface area contributed by atoms with Gasteiger partial charge in [0.1, 0.15) is 5.78 Å². The van der Waals surface area contributed by atoms with Crippen LogP contribution in [0.15, 0.2) is 0 Å². The maximum Gasteiger partial charge on any atom is 0.142 e. The molecule has 0 spiro atoms. The lowest BCUT2D eigenvalue weighted by molar-refractivity contribution is -0.131. The summed E-state index contributed by atoms with van der Waals surface area (Å²) in [6, 6.07) is 0.389. The molecule has 0 amide bonds. The maximum atomic E-state index is 12.1. The summed E-state index contributed by atoms with van der Waals surface area (Å²) in [6.45, 7) is 11.5. The van der Waals surface area contributed by atoms with E-state index < -0.39 is 0 Å². The summed E-state index contributed by atoms with van der Waals surface area (Å²) in [5, 5.41) is 3.48. The molecule has 1 aliphatic heterocycles. The quantitative estimate of drug-likeness (QED) is 0.760. The van der Waals surface area contributed by atoms with Crippen molar-refractivity contribution in [3.8, 4) is 0 Å². The van der Waals surface area contributed by atoms with Crippen molar-refractivity contribution in [2.75, 3.05) is 6.54 Å². The van der Waals surface area contributed by atoms with E-state index in [1.54, 1.807) is 0 Å². The first-order valence-electron chi connectivity index (χ1n) is 6.10. The number of hydrogen-bond acceptors (Lipinski definition) is 2. The normalized spacial score (nSPS) is 29.9. The molecule has 88 valence electrons. The molecule has 1 saturated heterocycles. The molecule has 0 aromatic rings. The molecule has 0 aromatic carbocycles. The maximum absolute atomic E-state index is 12.1. The standard InChI is InChI=1S/C13H25NO/c1-9-6-7-14-11(8-9)10(2)12(15)13(3,4)5/h9-11,14H,6-8H2,1-5H3. The highest BCUT2D eigenvalue weighted by atomic mass is 16.1. The Morgan fingerprint density at radius 2 is 2.00 bits per heavy atom. The molecular weight excluding hydrogens is 186 g/mol. The molecule has 1 aliphatic rings. The summed E-state index contributed by atoms with van der Waals surface area (Å²) in [6.07, 6.45) is 2.38. The van der Waals surface area contributed by atoms with E-state index in [0.29, 0.717) is 11.8 Å². The SMILES string of the molecule is CC1CCNC(C(C)C(=O)C(C)(C)C)C1. The van der Waals surface area contributed by atoms with Gasteiger partial charge in [-0.25, -0.2) is 0 Å². The van der Waals surface area contributed by atoms with Crippen LogP contribution in [0.2, 0.25) is 0 Å². The lowest BCUT2D eigenvalue weighted by Crippen LogP contribution is -2.46. The van der Waals surface area contributed by atoms with Crippen molar-refractivity contribution in [1.82, 2.24) is 5.32 Å². The van der Waals surface area contributed by atoms with Gasteiger partial charge in [0.2, 0.25) is 0 Å². The van der Waals surface area contributed by atoms with Crippen molar-refractivity contribution in [3.63, 3.8) is 0 Å². The van der Waals surface area contributed by atoms with E-state index in [2.05, 4.69) is 19.2 Å². The Hall–Kier alpha value is -0.370. The number of nitrogens with one attached hydrogen (secondary N) is 1. The molecule has 1 fully saturated rings. The summed E-state index contributed by atoms with van der Waals surface area (Å²) in [5.41, 5.74) is -0.207. The van der Waals surface area contributed by atoms with Gasteiger partial charge in [0, 0.05) is 17.4 Å². The van der Waals surface area contributed by atoms with Crippen LogP contribution in [0.5, 0.6) is 0 Å². The van der Waals surface area contributed by atoms with Crippen molar-refractivity contribution in [3.05, 3.63) is 0 Å². The second kappa shape index (κ2) is 4.65. The van der Waals surface area contributed by atoms with Gasteiger partial charge in [-0.05, 0) is 25.3 Å². The molecule has 1 N–H and O–H groups in total. The van der Waals surface area contributed by atoms with Crippen LogP contribution in [0, 0.1) is 17.3 Å². The molecule has 2 heteroatoms. The third-order valence-corrected chi connectivity index (χ3v) is 3.46. The highest BCUT2D eigenvalue weighted by Gasteiger charge is 2.33. The Labute approximate surface area is 93.8 Å². The fourth-order valence-electron chi connectivity index (χ4n) is 2.40. The van der Waals surface area contributed by atoms with Crippen molar-refractivity contribution >= 4 is 5.78 Å². The van der Waals surface area contributed by atoms with Gasteiger partial charge in [-0.2, -0.15) is 0 Å². The minimum atomic E-state index is -0.207. The summed E-state index contributed by atoms with van der Waals surface area (Å²) in [4.78, 5) is 12.1. The third kappa shape index (κ3) is 3.30. The molecule has 3 unspecified atom stereocenters. The molecule has 2 nitrogen and oxygen atoms in total. The highest BCUT2D eigenvalue weighted by Crippen LogP contribution is 2.27. The lowest BCUT2D eigenvalue weighted by atomic mass is 9.77. The van der Waals surface area contributed by atoms with E-state index in [1.807, 2.05) is 20.8 Å². The number of Topliss-reactive ketones (excluding diaryl/α,β-unsaturated/α-hetero) is 1. The second-order valence-corrected chi connectivity index (χ2v) is 6.09.